The number of hydrogen-bond acceptors (Lipinski definition) is 6. The molecule has 168 valence electrons. The van der Waals surface area contributed by atoms with Crippen LogP contribution < -0.4 is 15.7 Å². The number of nitrogens with one attached hydrogen (secondary N) is 2. The summed E-state index contributed by atoms with van der Waals surface area (Å²) in [7, 11) is 0. The minimum absolute atomic E-state index is 0.0793. The minimum atomic E-state index is -0.575. The molecule has 4 aromatic rings. The minimum Gasteiger partial charge on any atom is -0.488 e. The van der Waals surface area contributed by atoms with E-state index in [1.807, 2.05) is 18.2 Å². The molecule has 7 nitrogen and oxygen atoms in total. The predicted molar refractivity (Wildman–Crippen MR) is 128 cm³/mol. The maximum absolute atomic E-state index is 13.3. The van der Waals surface area contributed by atoms with E-state index in [1.165, 1.54) is 18.3 Å². The molecule has 2 N–H and O–H groups in total. The van der Waals surface area contributed by atoms with E-state index in [-0.39, 0.29) is 28.8 Å². The third-order valence-corrected chi connectivity index (χ3v) is 5.12. The molecular weight excluding hydrogens is 457 g/mol. The van der Waals surface area contributed by atoms with Crippen molar-refractivity contribution in [1.82, 2.24) is 9.97 Å². The first-order valence-corrected chi connectivity index (χ1v) is 10.5. The summed E-state index contributed by atoms with van der Waals surface area (Å²) in [6, 6.07) is 22.1. The molecule has 0 radical (unpaired) electrons. The number of hydrazone groups is 1. The number of anilines is 1. The van der Waals surface area contributed by atoms with Crippen molar-refractivity contribution in [2.75, 3.05) is 5.43 Å². The van der Waals surface area contributed by atoms with E-state index in [1.54, 1.807) is 48.5 Å². The van der Waals surface area contributed by atoms with Crippen molar-refractivity contribution in [2.24, 2.45) is 5.10 Å². The molecule has 0 fully saturated rings. The predicted octanol–water partition coefficient (Wildman–Crippen LogP) is 5.13. The Hall–Kier alpha value is -4.48. The summed E-state index contributed by atoms with van der Waals surface area (Å²) in [5.74, 6) is 0.188. The maximum Gasteiger partial charge on any atom is 0.270 e. The number of rotatable bonds is 7. The number of nitrogens with zero attached hydrogens (tertiary/aromatic N) is 3. The fourth-order valence-electron chi connectivity index (χ4n) is 3.11. The first-order chi connectivity index (χ1) is 16.5. The quantitative estimate of drug-likeness (QED) is 0.286. The number of H-pyrrole nitrogens is 1. The third-order valence-electron chi connectivity index (χ3n) is 4.77. The van der Waals surface area contributed by atoms with E-state index < -0.39 is 11.4 Å². The van der Waals surface area contributed by atoms with Crippen LogP contribution in [0, 0.1) is 17.1 Å². The number of para-hydroxylation sites is 1. The van der Waals surface area contributed by atoms with Crippen LogP contribution in [0.3, 0.4) is 0 Å². The summed E-state index contributed by atoms with van der Waals surface area (Å²) in [5, 5.41) is 13.8. The van der Waals surface area contributed by atoms with E-state index in [0.29, 0.717) is 22.4 Å². The first-order valence-electron chi connectivity index (χ1n) is 10.1. The Morgan fingerprint density at radius 3 is 2.68 bits per heavy atom. The van der Waals surface area contributed by atoms with E-state index >= 15 is 0 Å². The topological polar surface area (TPSA) is 103 Å². The van der Waals surface area contributed by atoms with E-state index in [0.717, 1.165) is 0 Å². The van der Waals surface area contributed by atoms with Gasteiger partial charge >= 0.3 is 0 Å². The largest absolute Gasteiger partial charge is 0.488 e. The summed E-state index contributed by atoms with van der Waals surface area (Å²) in [4.78, 5) is 19.2. The van der Waals surface area contributed by atoms with Gasteiger partial charge in [0, 0.05) is 16.7 Å². The van der Waals surface area contributed by atoms with Crippen molar-refractivity contribution < 1.29 is 9.13 Å². The highest BCUT2D eigenvalue weighted by Gasteiger charge is 2.13. The van der Waals surface area contributed by atoms with Crippen molar-refractivity contribution in [3.63, 3.8) is 0 Å². The molecular formula is C25H17ClFN5O2. The highest BCUT2D eigenvalue weighted by Crippen LogP contribution is 2.22. The molecule has 0 aliphatic rings. The molecule has 4 rings (SSSR count). The van der Waals surface area contributed by atoms with Gasteiger partial charge in [-0.1, -0.05) is 60.1 Å². The lowest BCUT2D eigenvalue weighted by atomic mass is 10.1. The van der Waals surface area contributed by atoms with Gasteiger partial charge in [-0.2, -0.15) is 10.4 Å². The summed E-state index contributed by atoms with van der Waals surface area (Å²) in [5.41, 5.74) is 4.20. The average Bonchev–Trinajstić information content (AvgIpc) is 2.84. The van der Waals surface area contributed by atoms with Crippen LogP contribution in [0.25, 0.3) is 11.3 Å². The van der Waals surface area contributed by atoms with Gasteiger partial charge in [-0.05, 0) is 24.3 Å². The Morgan fingerprint density at radius 2 is 1.91 bits per heavy atom. The van der Waals surface area contributed by atoms with Crippen LogP contribution in [0.15, 0.2) is 82.7 Å². The summed E-state index contributed by atoms with van der Waals surface area (Å²) in [6.07, 6.45) is 1.50. The van der Waals surface area contributed by atoms with Gasteiger partial charge in [0.05, 0.1) is 16.9 Å². The van der Waals surface area contributed by atoms with Gasteiger partial charge in [0.1, 0.15) is 29.8 Å². The van der Waals surface area contributed by atoms with Crippen LogP contribution in [-0.4, -0.2) is 16.2 Å². The zero-order chi connectivity index (χ0) is 23.9. The Labute approximate surface area is 199 Å². The average molecular weight is 474 g/mol. The second-order valence-corrected chi connectivity index (χ2v) is 7.46. The van der Waals surface area contributed by atoms with Gasteiger partial charge < -0.3 is 4.74 Å². The van der Waals surface area contributed by atoms with E-state index in [9.17, 15) is 14.4 Å². The second-order valence-electron chi connectivity index (χ2n) is 7.05. The summed E-state index contributed by atoms with van der Waals surface area (Å²) in [6.45, 7) is 0.141. The monoisotopic (exact) mass is 473 g/mol. The van der Waals surface area contributed by atoms with Gasteiger partial charge in [-0.3, -0.25) is 9.78 Å². The number of ether oxygens (including phenoxy) is 1. The maximum atomic E-state index is 13.3. The van der Waals surface area contributed by atoms with Gasteiger partial charge in [-0.25, -0.2) is 14.8 Å². The van der Waals surface area contributed by atoms with Crippen LogP contribution in [-0.2, 0) is 6.61 Å². The third kappa shape index (κ3) is 5.28. The summed E-state index contributed by atoms with van der Waals surface area (Å²) >= 11 is 6.07. The lowest BCUT2D eigenvalue weighted by Gasteiger charge is -2.10. The molecule has 1 aromatic heterocycles. The van der Waals surface area contributed by atoms with Gasteiger partial charge in [0.25, 0.3) is 5.56 Å². The molecule has 0 bridgehead atoms. The molecule has 3 aromatic carbocycles. The van der Waals surface area contributed by atoms with Crippen molar-refractivity contribution in [2.45, 2.75) is 6.61 Å². The standard InChI is InChI=1S/C25H17ClFN5O2/c26-21-12-19(27)11-10-18(21)15-34-22-9-5-4-8-17(22)14-29-32-25-30-23(16-6-2-1-3-7-16)20(13-28)24(33)31-25/h1-12,14H,15H2,(H2,30,31,32,33). The molecule has 0 amide bonds. The van der Waals surface area contributed by atoms with Crippen molar-refractivity contribution in [3.05, 3.63) is 111 Å². The van der Waals surface area contributed by atoms with Crippen LogP contribution in [0.4, 0.5) is 10.3 Å². The number of nitriles is 1. The number of benzene rings is 3. The van der Waals surface area contributed by atoms with Crippen LogP contribution >= 0.6 is 11.6 Å². The SMILES string of the molecule is N#Cc1c(-c2ccccc2)nc(NN=Cc2ccccc2OCc2ccc(F)cc2Cl)[nH]c1=O. The molecule has 0 atom stereocenters. The number of hydrogen-bond donors (Lipinski definition) is 2. The lowest BCUT2D eigenvalue weighted by molar-refractivity contribution is 0.305. The Morgan fingerprint density at radius 1 is 1.15 bits per heavy atom. The fraction of sp³-hybridized carbons (Fsp3) is 0.0400. The highest BCUT2D eigenvalue weighted by atomic mass is 35.5. The molecule has 0 aliphatic heterocycles. The Kier molecular flexibility index (Phi) is 6.96. The van der Waals surface area contributed by atoms with Crippen molar-refractivity contribution >= 4 is 23.8 Å². The normalized spacial score (nSPS) is 10.7. The van der Waals surface area contributed by atoms with Crippen molar-refractivity contribution in [1.29, 1.82) is 5.26 Å². The molecule has 0 saturated heterocycles. The van der Waals surface area contributed by atoms with Crippen LogP contribution in [0.1, 0.15) is 16.7 Å². The van der Waals surface area contributed by atoms with E-state index in [2.05, 4.69) is 20.5 Å². The van der Waals surface area contributed by atoms with E-state index in [4.69, 9.17) is 16.3 Å². The first kappa shape index (κ1) is 22.7. The van der Waals surface area contributed by atoms with Gasteiger partial charge in [0.15, 0.2) is 0 Å². The molecule has 9 heteroatoms. The Bertz CT molecular complexity index is 1450. The molecule has 1 heterocycles. The lowest BCUT2D eigenvalue weighted by Crippen LogP contribution is -2.16. The molecule has 0 saturated carbocycles. The number of aromatic nitrogens is 2. The van der Waals surface area contributed by atoms with Gasteiger partial charge in [-0.15, -0.1) is 0 Å². The molecule has 0 spiro atoms. The number of halogens is 2. The molecule has 0 unspecified atom stereocenters. The van der Waals surface area contributed by atoms with Gasteiger partial charge in [0.2, 0.25) is 5.95 Å². The second kappa shape index (κ2) is 10.4. The van der Waals surface area contributed by atoms with Crippen LogP contribution in [0.2, 0.25) is 5.02 Å². The zero-order valence-corrected chi connectivity index (χ0v) is 18.4. The smallest absolute Gasteiger partial charge is 0.270 e. The summed E-state index contributed by atoms with van der Waals surface area (Å²) < 4.78 is 19.1. The Balaban J connectivity index is 1.53. The number of aromatic amines is 1. The molecule has 0 aliphatic carbocycles. The zero-order valence-electron chi connectivity index (χ0n) is 17.6. The highest BCUT2D eigenvalue weighted by molar-refractivity contribution is 6.31. The van der Waals surface area contributed by atoms with Crippen LogP contribution in [0.5, 0.6) is 5.75 Å². The van der Waals surface area contributed by atoms with Crippen molar-refractivity contribution in [3.8, 4) is 23.1 Å². The fourth-order valence-corrected chi connectivity index (χ4v) is 3.33. The molecule has 34 heavy (non-hydrogen) atoms.